The topological polar surface area (TPSA) is 164 Å². The number of benzene rings is 4. The van der Waals surface area contributed by atoms with E-state index >= 15 is 0 Å². The van der Waals surface area contributed by atoms with Crippen molar-refractivity contribution in [2.45, 2.75) is 71.0 Å². The Hall–Kier alpha value is -5.66. The highest BCUT2D eigenvalue weighted by Crippen LogP contribution is 2.28. The molecule has 14 heteroatoms. The van der Waals surface area contributed by atoms with E-state index in [0.717, 1.165) is 22.2 Å². The summed E-state index contributed by atoms with van der Waals surface area (Å²) < 4.78 is 31.1. The third-order valence-electron chi connectivity index (χ3n) is 8.73. The second kappa shape index (κ2) is 18.1. The summed E-state index contributed by atoms with van der Waals surface area (Å²) in [5, 5.41) is 27.7. The molecule has 284 valence electrons. The monoisotopic (exact) mass is 785 g/mol. The number of para-hydroxylation sites is 2. The highest BCUT2D eigenvalue weighted by Gasteiger charge is 2.24. The van der Waals surface area contributed by atoms with Crippen molar-refractivity contribution in [3.05, 3.63) is 129 Å². The predicted octanol–water partition coefficient (Wildman–Crippen LogP) is 8.69. The van der Waals surface area contributed by atoms with E-state index < -0.39 is 22.6 Å². The molecule has 0 bridgehead atoms. The van der Waals surface area contributed by atoms with Gasteiger partial charge in [0.15, 0.2) is 5.78 Å². The molecule has 10 nitrogen and oxygen atoms in total. The van der Waals surface area contributed by atoms with E-state index in [1.54, 1.807) is 87.1 Å². The molecule has 0 amide bonds. The van der Waals surface area contributed by atoms with Crippen LogP contribution in [0.4, 0.5) is 8.78 Å². The number of rotatable bonds is 10. The Morgan fingerprint density at radius 2 is 1.22 bits per heavy atom. The predicted molar refractivity (Wildman–Crippen MR) is 208 cm³/mol. The number of hydrogen-bond acceptors (Lipinski definition) is 7. The summed E-state index contributed by atoms with van der Waals surface area (Å²) in [5.41, 5.74) is 8.79. The van der Waals surface area contributed by atoms with Crippen LogP contribution in [0.5, 0.6) is 0 Å². The minimum Gasteiger partial charge on any atom is -0.480 e. The standard InChI is InChI=1S/C21H19ClFN3O.C11H13FN2.C9H7ClN2O2/c1-21(2,12-24)16-9-7-14(10-18(16)23)6-8-15(27)11-26-13-25-19-5-3-4-17(22)20(19)26;1-11(2,7-14)9-4-3-8(6-13)5-10(9)12;10-6-2-1-3-7-9(6)12(5-11-7)4-8(13)14/h3-5,7,9-10,13H,6,8,11H2,1-2H3;3-5H,6,13H2,1-2H3;1-3,5H,4H2,(H,13,14). The van der Waals surface area contributed by atoms with Crippen molar-refractivity contribution in [3.8, 4) is 12.1 Å². The Bertz CT molecular complexity index is 2430. The number of halogens is 4. The maximum atomic E-state index is 14.3. The van der Waals surface area contributed by atoms with Crippen LogP contribution in [0, 0.1) is 34.3 Å². The number of carboxylic acid groups (broad SMARTS) is 1. The summed E-state index contributed by atoms with van der Waals surface area (Å²) in [6.07, 6.45) is 3.80. The molecular formula is C41H39Cl2F2N7O3. The normalized spacial score (nSPS) is 11.2. The molecule has 6 aromatic rings. The van der Waals surface area contributed by atoms with Gasteiger partial charge in [0.25, 0.3) is 0 Å². The summed E-state index contributed by atoms with van der Waals surface area (Å²) in [4.78, 5) is 31.2. The van der Waals surface area contributed by atoms with Gasteiger partial charge in [-0.15, -0.1) is 0 Å². The van der Waals surface area contributed by atoms with Crippen LogP contribution in [0.1, 0.15) is 56.4 Å². The van der Waals surface area contributed by atoms with E-state index in [2.05, 4.69) is 22.1 Å². The Balaban J connectivity index is 0.000000202. The number of ketones is 1. The lowest BCUT2D eigenvalue weighted by Gasteiger charge is -2.17. The van der Waals surface area contributed by atoms with Gasteiger partial charge >= 0.3 is 5.97 Å². The van der Waals surface area contributed by atoms with Gasteiger partial charge in [-0.25, -0.2) is 18.7 Å². The first kappa shape index (κ1) is 42.1. The number of carbonyl (C=O) groups excluding carboxylic acids is 1. The zero-order chi connectivity index (χ0) is 40.5. The lowest BCUT2D eigenvalue weighted by atomic mass is 9.85. The molecule has 2 heterocycles. The second-order valence-electron chi connectivity index (χ2n) is 13.7. The number of carbonyl (C=O) groups is 2. The van der Waals surface area contributed by atoms with Crippen LogP contribution in [0.15, 0.2) is 85.5 Å². The fourth-order valence-corrected chi connectivity index (χ4v) is 6.19. The molecule has 4 aromatic carbocycles. The third-order valence-corrected chi connectivity index (χ3v) is 9.34. The molecule has 0 aliphatic carbocycles. The molecule has 0 aliphatic rings. The van der Waals surface area contributed by atoms with Gasteiger partial charge in [-0.3, -0.25) is 9.59 Å². The quantitative estimate of drug-likeness (QED) is 0.139. The smallest absolute Gasteiger partial charge is 0.323 e. The molecule has 2 aromatic heterocycles. The van der Waals surface area contributed by atoms with Gasteiger partial charge in [-0.05, 0) is 81.6 Å². The van der Waals surface area contributed by atoms with Crippen molar-refractivity contribution < 1.29 is 23.5 Å². The molecule has 3 N–H and O–H groups in total. The van der Waals surface area contributed by atoms with E-state index in [4.69, 9.17) is 44.6 Å². The summed E-state index contributed by atoms with van der Waals surface area (Å²) in [7, 11) is 0. The van der Waals surface area contributed by atoms with E-state index in [1.807, 2.05) is 12.1 Å². The maximum absolute atomic E-state index is 14.3. The van der Waals surface area contributed by atoms with Crippen LogP contribution >= 0.6 is 23.2 Å². The molecule has 0 spiro atoms. The van der Waals surface area contributed by atoms with Gasteiger partial charge in [0, 0.05) is 24.1 Å². The highest BCUT2D eigenvalue weighted by molar-refractivity contribution is 6.35. The fourth-order valence-electron chi connectivity index (χ4n) is 5.64. The second-order valence-corrected chi connectivity index (χ2v) is 14.5. The van der Waals surface area contributed by atoms with E-state index in [1.165, 1.54) is 23.0 Å². The third kappa shape index (κ3) is 10.5. The number of aliphatic carboxylic acids is 1. The highest BCUT2D eigenvalue weighted by atomic mass is 35.5. The van der Waals surface area contributed by atoms with E-state index in [0.29, 0.717) is 45.2 Å². The zero-order valence-electron chi connectivity index (χ0n) is 30.7. The molecule has 0 fully saturated rings. The lowest BCUT2D eigenvalue weighted by Crippen LogP contribution is -2.16. The summed E-state index contributed by atoms with van der Waals surface area (Å²) >= 11 is 12.1. The largest absolute Gasteiger partial charge is 0.480 e. The number of nitriles is 2. The Morgan fingerprint density at radius 3 is 1.65 bits per heavy atom. The minimum atomic E-state index is -0.913. The van der Waals surface area contributed by atoms with Gasteiger partial charge in [0.05, 0.1) is 74.3 Å². The van der Waals surface area contributed by atoms with Crippen LogP contribution in [0.25, 0.3) is 22.1 Å². The average molecular weight is 787 g/mol. The van der Waals surface area contributed by atoms with Crippen molar-refractivity contribution in [1.29, 1.82) is 10.5 Å². The van der Waals surface area contributed by atoms with Crippen LogP contribution in [0.3, 0.4) is 0 Å². The lowest BCUT2D eigenvalue weighted by molar-refractivity contribution is -0.137. The van der Waals surface area contributed by atoms with Crippen molar-refractivity contribution in [1.82, 2.24) is 19.1 Å². The number of Topliss-reactive ketones (excluding diaryl/α,β-unsaturated/α-hetero) is 1. The molecule has 6 rings (SSSR count). The number of carboxylic acids is 1. The molecular weight excluding hydrogens is 747 g/mol. The van der Waals surface area contributed by atoms with Crippen molar-refractivity contribution in [3.63, 3.8) is 0 Å². The number of nitrogens with two attached hydrogens (primary N) is 1. The van der Waals surface area contributed by atoms with Crippen LogP contribution < -0.4 is 5.73 Å². The number of imidazole rings is 2. The van der Waals surface area contributed by atoms with E-state index in [9.17, 15) is 18.4 Å². The van der Waals surface area contributed by atoms with Gasteiger partial charge in [-0.2, -0.15) is 10.5 Å². The summed E-state index contributed by atoms with van der Waals surface area (Å²) in [5.74, 6) is -1.68. The van der Waals surface area contributed by atoms with Crippen LogP contribution in [-0.4, -0.2) is 36.0 Å². The van der Waals surface area contributed by atoms with Crippen LogP contribution in [0.2, 0.25) is 10.0 Å². The Kier molecular flexibility index (Phi) is 13.9. The molecule has 0 unspecified atom stereocenters. The number of aryl methyl sites for hydroxylation is 1. The molecule has 0 saturated carbocycles. The number of aromatic nitrogens is 4. The minimum absolute atomic E-state index is 0.0102. The molecule has 0 atom stereocenters. The van der Waals surface area contributed by atoms with Gasteiger partial charge in [0.2, 0.25) is 0 Å². The van der Waals surface area contributed by atoms with E-state index in [-0.39, 0.29) is 31.1 Å². The maximum Gasteiger partial charge on any atom is 0.323 e. The molecule has 0 radical (unpaired) electrons. The summed E-state index contributed by atoms with van der Waals surface area (Å²) in [6, 6.07) is 24.4. The average Bonchev–Trinajstić information content (AvgIpc) is 3.76. The Morgan fingerprint density at radius 1 is 0.764 bits per heavy atom. The number of fused-ring (bicyclic) bond motifs is 2. The van der Waals surface area contributed by atoms with Crippen molar-refractivity contribution in [2.24, 2.45) is 5.73 Å². The molecule has 0 saturated heterocycles. The van der Waals surface area contributed by atoms with Gasteiger partial charge in [0.1, 0.15) is 18.2 Å². The zero-order valence-corrected chi connectivity index (χ0v) is 32.2. The first-order chi connectivity index (χ1) is 26.0. The number of hydrogen-bond donors (Lipinski definition) is 2. The van der Waals surface area contributed by atoms with Gasteiger partial charge < -0.3 is 20.0 Å². The van der Waals surface area contributed by atoms with Crippen molar-refractivity contribution >= 4 is 57.0 Å². The molecule has 0 aliphatic heterocycles. The molecule has 55 heavy (non-hydrogen) atoms. The van der Waals surface area contributed by atoms with Crippen molar-refractivity contribution in [2.75, 3.05) is 0 Å². The summed E-state index contributed by atoms with van der Waals surface area (Å²) in [6.45, 7) is 7.08. The fraction of sp³-hybridized carbons (Fsp3) is 0.268. The number of nitrogens with zero attached hydrogens (tertiary/aromatic N) is 6. The SMILES string of the molecule is CC(C)(C#N)c1ccc(CCC(=O)Cn2cnc3cccc(Cl)c32)cc1F.CC(C)(C#N)c1ccc(CN)cc1F.O=C(O)Cn1cnc2cccc(Cl)c21. The first-order valence-electron chi connectivity index (χ1n) is 17.0. The Labute approximate surface area is 327 Å². The van der Waals surface area contributed by atoms with Gasteiger partial charge in [-0.1, -0.05) is 59.6 Å². The first-order valence-corrected chi connectivity index (χ1v) is 17.8. The van der Waals surface area contributed by atoms with Crippen LogP contribution in [-0.2, 0) is 46.5 Å².